The van der Waals surface area contributed by atoms with Crippen LogP contribution in [0.1, 0.15) is 52.4 Å². The van der Waals surface area contributed by atoms with Gasteiger partial charge < -0.3 is 10.6 Å². The highest BCUT2D eigenvalue weighted by Gasteiger charge is 2.25. The zero-order valence-electron chi connectivity index (χ0n) is 11.9. The molecule has 2 aliphatic carbocycles. The maximum atomic E-state index is 11.8. The summed E-state index contributed by atoms with van der Waals surface area (Å²) < 4.78 is 0. The maximum absolute atomic E-state index is 11.8. The van der Waals surface area contributed by atoms with Crippen molar-refractivity contribution in [2.75, 3.05) is 13.1 Å². The zero-order valence-corrected chi connectivity index (χ0v) is 11.9. The number of nitrogens with one attached hydrogen (secondary N) is 2. The number of carbonyl (C=O) groups excluding carboxylic acids is 1. The molecule has 2 fully saturated rings. The third-order valence-corrected chi connectivity index (χ3v) is 4.44. The molecule has 3 heteroatoms. The Morgan fingerprint density at radius 1 is 1.22 bits per heavy atom. The Morgan fingerprint density at radius 2 is 2.00 bits per heavy atom. The number of hydrogen-bond donors (Lipinski definition) is 2. The molecule has 1 amide bonds. The van der Waals surface area contributed by atoms with Crippen molar-refractivity contribution >= 4 is 5.91 Å². The summed E-state index contributed by atoms with van der Waals surface area (Å²) in [5.41, 5.74) is 0. The Morgan fingerprint density at radius 3 is 2.67 bits per heavy atom. The second kappa shape index (κ2) is 6.55. The van der Waals surface area contributed by atoms with Crippen LogP contribution in [0, 0.1) is 17.8 Å². The molecule has 3 nitrogen and oxygen atoms in total. The fourth-order valence-corrected chi connectivity index (χ4v) is 2.95. The van der Waals surface area contributed by atoms with Crippen LogP contribution in [0.2, 0.25) is 0 Å². The lowest BCUT2D eigenvalue weighted by atomic mass is 9.79. The topological polar surface area (TPSA) is 41.1 Å². The van der Waals surface area contributed by atoms with Gasteiger partial charge in [-0.25, -0.2) is 0 Å². The largest absolute Gasteiger partial charge is 0.352 e. The van der Waals surface area contributed by atoms with Crippen molar-refractivity contribution in [3.63, 3.8) is 0 Å². The molecule has 2 atom stereocenters. The van der Waals surface area contributed by atoms with Gasteiger partial charge in [-0.3, -0.25) is 4.79 Å². The molecule has 0 spiro atoms. The van der Waals surface area contributed by atoms with Gasteiger partial charge in [0.2, 0.25) is 5.91 Å². The molecule has 2 rings (SSSR count). The molecular formula is C15H28N2O. The van der Waals surface area contributed by atoms with Crippen LogP contribution in [0.25, 0.3) is 0 Å². The highest BCUT2D eigenvalue weighted by Crippen LogP contribution is 2.30. The molecule has 2 N–H and O–H groups in total. The van der Waals surface area contributed by atoms with E-state index in [0.29, 0.717) is 12.6 Å². The van der Waals surface area contributed by atoms with E-state index in [1.54, 1.807) is 0 Å². The van der Waals surface area contributed by atoms with Crippen LogP contribution < -0.4 is 10.6 Å². The minimum atomic E-state index is 0.185. The molecule has 2 unspecified atom stereocenters. The van der Waals surface area contributed by atoms with Crippen molar-refractivity contribution < 1.29 is 4.79 Å². The number of hydrogen-bond acceptors (Lipinski definition) is 2. The van der Waals surface area contributed by atoms with Crippen molar-refractivity contribution in [3.05, 3.63) is 0 Å². The normalized spacial score (nSPS) is 28.4. The first kappa shape index (κ1) is 13.9. The summed E-state index contributed by atoms with van der Waals surface area (Å²) in [6.45, 7) is 6.12. The van der Waals surface area contributed by atoms with E-state index < -0.39 is 0 Å². The van der Waals surface area contributed by atoms with Gasteiger partial charge in [0, 0.05) is 6.04 Å². The molecule has 104 valence electrons. The Kier molecular flexibility index (Phi) is 5.04. The van der Waals surface area contributed by atoms with E-state index >= 15 is 0 Å². The van der Waals surface area contributed by atoms with Gasteiger partial charge in [-0.2, -0.15) is 0 Å². The van der Waals surface area contributed by atoms with Crippen LogP contribution in [-0.4, -0.2) is 25.0 Å². The minimum absolute atomic E-state index is 0.185. The van der Waals surface area contributed by atoms with E-state index in [2.05, 4.69) is 24.5 Å². The lowest BCUT2D eigenvalue weighted by Gasteiger charge is -2.32. The molecule has 0 radical (unpaired) electrons. The predicted octanol–water partition coefficient (Wildman–Crippen LogP) is 2.32. The van der Waals surface area contributed by atoms with Crippen LogP contribution in [0.4, 0.5) is 0 Å². The highest BCUT2D eigenvalue weighted by atomic mass is 16.1. The highest BCUT2D eigenvalue weighted by molar-refractivity contribution is 5.78. The Bertz CT molecular complexity index is 274. The molecule has 2 saturated carbocycles. The Hall–Kier alpha value is -0.570. The fraction of sp³-hybridized carbons (Fsp3) is 0.933. The second-order valence-corrected chi connectivity index (χ2v) is 6.51. The summed E-state index contributed by atoms with van der Waals surface area (Å²) in [7, 11) is 0. The molecule has 2 aliphatic rings. The monoisotopic (exact) mass is 252 g/mol. The third-order valence-electron chi connectivity index (χ3n) is 4.44. The van der Waals surface area contributed by atoms with E-state index in [9.17, 15) is 4.79 Å². The molecule has 18 heavy (non-hydrogen) atoms. The third kappa shape index (κ3) is 4.60. The van der Waals surface area contributed by atoms with Gasteiger partial charge >= 0.3 is 0 Å². The summed E-state index contributed by atoms with van der Waals surface area (Å²) in [5.74, 6) is 2.57. The average Bonchev–Trinajstić information content (AvgIpc) is 3.13. The Balaban J connectivity index is 1.62. The molecule has 0 aliphatic heterocycles. The summed E-state index contributed by atoms with van der Waals surface area (Å²) in [5, 5.41) is 6.46. The van der Waals surface area contributed by atoms with Crippen LogP contribution in [0.3, 0.4) is 0 Å². The molecule has 0 aromatic rings. The van der Waals surface area contributed by atoms with Crippen molar-refractivity contribution in [1.82, 2.24) is 10.6 Å². The summed E-state index contributed by atoms with van der Waals surface area (Å²) in [4.78, 5) is 11.8. The summed E-state index contributed by atoms with van der Waals surface area (Å²) >= 11 is 0. The standard InChI is InChI=1S/C15H28N2O/c1-11(2)13-4-3-5-14(8-13)17-15(18)10-16-9-12-6-7-12/h11-14,16H,3-10H2,1-2H3,(H,17,18). The first-order valence-corrected chi connectivity index (χ1v) is 7.65. The predicted molar refractivity (Wildman–Crippen MR) is 74.3 cm³/mol. The molecule has 0 aromatic carbocycles. The number of rotatable bonds is 6. The van der Waals surface area contributed by atoms with E-state index in [1.807, 2.05) is 0 Å². The van der Waals surface area contributed by atoms with Crippen LogP contribution in [0.15, 0.2) is 0 Å². The smallest absolute Gasteiger partial charge is 0.234 e. The minimum Gasteiger partial charge on any atom is -0.352 e. The van der Waals surface area contributed by atoms with Gasteiger partial charge in [-0.15, -0.1) is 0 Å². The molecule has 0 heterocycles. The summed E-state index contributed by atoms with van der Waals surface area (Å²) in [6, 6.07) is 0.418. The Labute approximate surface area is 111 Å². The number of carbonyl (C=O) groups is 1. The molecule has 0 bridgehead atoms. The molecule has 0 aromatic heterocycles. The summed E-state index contributed by atoms with van der Waals surface area (Å²) in [6.07, 6.45) is 7.62. The lowest BCUT2D eigenvalue weighted by molar-refractivity contribution is -0.121. The first-order valence-electron chi connectivity index (χ1n) is 7.65. The van der Waals surface area contributed by atoms with E-state index in [-0.39, 0.29) is 5.91 Å². The van der Waals surface area contributed by atoms with Gasteiger partial charge in [0.25, 0.3) is 0 Å². The SMILES string of the molecule is CC(C)C1CCCC(NC(=O)CNCC2CC2)C1. The van der Waals surface area contributed by atoms with Gasteiger partial charge in [-0.1, -0.05) is 26.7 Å². The first-order chi connectivity index (χ1) is 8.65. The second-order valence-electron chi connectivity index (χ2n) is 6.51. The quantitative estimate of drug-likeness (QED) is 0.761. The molecule has 0 saturated heterocycles. The van der Waals surface area contributed by atoms with E-state index in [1.165, 1.54) is 32.1 Å². The van der Waals surface area contributed by atoms with Crippen LogP contribution >= 0.6 is 0 Å². The van der Waals surface area contributed by atoms with Crippen molar-refractivity contribution in [2.45, 2.75) is 58.4 Å². The number of amides is 1. The van der Waals surface area contributed by atoms with Crippen LogP contribution in [-0.2, 0) is 4.79 Å². The van der Waals surface area contributed by atoms with Crippen LogP contribution in [0.5, 0.6) is 0 Å². The maximum Gasteiger partial charge on any atom is 0.234 e. The zero-order chi connectivity index (χ0) is 13.0. The van der Waals surface area contributed by atoms with Crippen molar-refractivity contribution in [1.29, 1.82) is 0 Å². The van der Waals surface area contributed by atoms with E-state index in [0.717, 1.165) is 30.7 Å². The fourth-order valence-electron chi connectivity index (χ4n) is 2.95. The van der Waals surface area contributed by atoms with E-state index in [4.69, 9.17) is 0 Å². The molecular weight excluding hydrogens is 224 g/mol. The van der Waals surface area contributed by atoms with Crippen molar-refractivity contribution in [2.24, 2.45) is 17.8 Å². The van der Waals surface area contributed by atoms with Gasteiger partial charge in [-0.05, 0) is 50.0 Å². The van der Waals surface area contributed by atoms with Gasteiger partial charge in [0.05, 0.1) is 6.54 Å². The van der Waals surface area contributed by atoms with Gasteiger partial charge in [0.15, 0.2) is 0 Å². The van der Waals surface area contributed by atoms with Crippen molar-refractivity contribution in [3.8, 4) is 0 Å². The average molecular weight is 252 g/mol. The lowest BCUT2D eigenvalue weighted by Crippen LogP contribution is -2.43. The van der Waals surface area contributed by atoms with Gasteiger partial charge in [0.1, 0.15) is 0 Å².